The fraction of sp³-hybridized carbons (Fsp3) is 0.286. The second-order valence-electron chi connectivity index (χ2n) is 4.07. The van der Waals surface area contributed by atoms with Gasteiger partial charge in [-0.1, -0.05) is 0 Å². The number of benzene rings is 1. The topological polar surface area (TPSA) is 90.2 Å². The van der Waals surface area contributed by atoms with E-state index in [2.05, 4.69) is 9.97 Å². The first-order valence-electron chi connectivity index (χ1n) is 6.35. The van der Waals surface area contributed by atoms with Gasteiger partial charge < -0.3 is 20.2 Å². The van der Waals surface area contributed by atoms with Gasteiger partial charge in [0.15, 0.2) is 6.61 Å². The first-order chi connectivity index (χ1) is 9.72. The molecule has 6 nitrogen and oxygen atoms in total. The third kappa shape index (κ3) is 3.58. The van der Waals surface area contributed by atoms with Gasteiger partial charge in [0.25, 0.3) is 0 Å². The van der Waals surface area contributed by atoms with Crippen molar-refractivity contribution in [1.29, 1.82) is 0 Å². The minimum absolute atomic E-state index is 0.0887. The van der Waals surface area contributed by atoms with Crippen LogP contribution in [0.4, 0.5) is 0 Å². The van der Waals surface area contributed by atoms with Gasteiger partial charge in [-0.3, -0.25) is 0 Å². The Morgan fingerprint density at radius 3 is 2.70 bits per heavy atom. The third-order valence-electron chi connectivity index (χ3n) is 2.65. The van der Waals surface area contributed by atoms with Crippen molar-refractivity contribution in [3.63, 3.8) is 0 Å². The molecule has 0 atom stereocenters. The maximum absolute atomic E-state index is 11.2. The van der Waals surface area contributed by atoms with E-state index in [9.17, 15) is 4.79 Å². The van der Waals surface area contributed by atoms with E-state index in [-0.39, 0.29) is 12.6 Å². The summed E-state index contributed by atoms with van der Waals surface area (Å²) in [5.74, 6) is 0.973. The number of nitrogens with one attached hydrogen (secondary N) is 1. The van der Waals surface area contributed by atoms with Crippen molar-refractivity contribution in [1.82, 2.24) is 9.97 Å². The average Bonchev–Trinajstić information content (AvgIpc) is 2.95. The maximum Gasteiger partial charge on any atom is 0.344 e. The van der Waals surface area contributed by atoms with E-state index in [1.165, 1.54) is 0 Å². The summed E-state index contributed by atoms with van der Waals surface area (Å²) in [5.41, 5.74) is 7.36. The number of hydrogen-bond acceptors (Lipinski definition) is 5. The van der Waals surface area contributed by atoms with Crippen molar-refractivity contribution in [2.75, 3.05) is 13.2 Å². The monoisotopic (exact) mass is 275 g/mol. The summed E-state index contributed by atoms with van der Waals surface area (Å²) < 4.78 is 10.1. The van der Waals surface area contributed by atoms with Gasteiger partial charge in [-0.05, 0) is 36.8 Å². The molecule has 0 fully saturated rings. The minimum Gasteiger partial charge on any atom is -0.482 e. The third-order valence-corrected chi connectivity index (χ3v) is 2.65. The number of imidazole rings is 1. The van der Waals surface area contributed by atoms with Crippen LogP contribution >= 0.6 is 0 Å². The fourth-order valence-corrected chi connectivity index (χ4v) is 1.69. The van der Waals surface area contributed by atoms with Gasteiger partial charge >= 0.3 is 5.97 Å². The number of H-pyrrole nitrogens is 1. The lowest BCUT2D eigenvalue weighted by molar-refractivity contribution is -0.145. The Morgan fingerprint density at radius 1 is 1.35 bits per heavy atom. The summed E-state index contributed by atoms with van der Waals surface area (Å²) >= 11 is 0. The zero-order valence-electron chi connectivity index (χ0n) is 11.3. The Labute approximate surface area is 116 Å². The first-order valence-corrected chi connectivity index (χ1v) is 6.35. The highest BCUT2D eigenvalue weighted by Gasteiger charge is 2.05. The lowest BCUT2D eigenvalue weighted by Gasteiger charge is -2.06. The number of ether oxygens (including phenoxy) is 2. The molecule has 1 aromatic heterocycles. The molecule has 3 N–H and O–H groups in total. The van der Waals surface area contributed by atoms with Crippen LogP contribution in [0.2, 0.25) is 0 Å². The predicted octanol–water partition coefficient (Wildman–Crippen LogP) is 1.48. The van der Waals surface area contributed by atoms with Gasteiger partial charge in [0.2, 0.25) is 0 Å². The summed E-state index contributed by atoms with van der Waals surface area (Å²) in [6.07, 6.45) is 1.73. The Balaban J connectivity index is 1.97. The number of aromatic nitrogens is 2. The smallest absolute Gasteiger partial charge is 0.344 e. The SMILES string of the molecule is CCOC(=O)COc1ccc(-c2cnc(CN)[nH]2)cc1. The number of rotatable bonds is 6. The summed E-state index contributed by atoms with van der Waals surface area (Å²) in [6, 6.07) is 7.34. The minimum atomic E-state index is -0.377. The predicted molar refractivity (Wildman–Crippen MR) is 74.0 cm³/mol. The molecule has 1 heterocycles. The molecule has 2 rings (SSSR count). The molecule has 0 aliphatic carbocycles. The van der Waals surface area contributed by atoms with E-state index in [1.54, 1.807) is 25.3 Å². The normalized spacial score (nSPS) is 10.3. The Kier molecular flexibility index (Phi) is 4.73. The Morgan fingerprint density at radius 2 is 2.10 bits per heavy atom. The Bertz CT molecular complexity index is 563. The quantitative estimate of drug-likeness (QED) is 0.779. The average molecular weight is 275 g/mol. The molecular weight excluding hydrogens is 258 g/mol. The highest BCUT2D eigenvalue weighted by atomic mass is 16.6. The Hall–Kier alpha value is -2.34. The molecule has 2 aromatic rings. The van der Waals surface area contributed by atoms with Crippen LogP contribution in [0.5, 0.6) is 5.75 Å². The highest BCUT2D eigenvalue weighted by Crippen LogP contribution is 2.20. The van der Waals surface area contributed by atoms with Crippen LogP contribution in [-0.2, 0) is 16.1 Å². The molecule has 0 aliphatic rings. The van der Waals surface area contributed by atoms with Gasteiger partial charge in [-0.2, -0.15) is 0 Å². The molecule has 0 amide bonds. The van der Waals surface area contributed by atoms with Gasteiger partial charge in [-0.15, -0.1) is 0 Å². The molecule has 20 heavy (non-hydrogen) atoms. The molecule has 0 aliphatic heterocycles. The number of aromatic amines is 1. The second-order valence-corrected chi connectivity index (χ2v) is 4.07. The molecule has 0 bridgehead atoms. The number of nitrogens with zero attached hydrogens (tertiary/aromatic N) is 1. The fourth-order valence-electron chi connectivity index (χ4n) is 1.69. The molecule has 106 valence electrons. The molecule has 0 saturated carbocycles. The van der Waals surface area contributed by atoms with E-state index >= 15 is 0 Å². The van der Waals surface area contributed by atoms with Crippen molar-refractivity contribution in [3.05, 3.63) is 36.3 Å². The standard InChI is InChI=1S/C14H17N3O3/c1-2-19-14(18)9-20-11-5-3-10(4-6-11)12-8-16-13(7-15)17-12/h3-6,8H,2,7,9,15H2,1H3,(H,16,17). The van der Waals surface area contributed by atoms with Crippen molar-refractivity contribution >= 4 is 5.97 Å². The van der Waals surface area contributed by atoms with Crippen LogP contribution in [-0.4, -0.2) is 29.2 Å². The van der Waals surface area contributed by atoms with Crippen LogP contribution in [0.25, 0.3) is 11.3 Å². The molecule has 0 unspecified atom stereocenters. The summed E-state index contributed by atoms with van der Waals surface area (Å²) in [7, 11) is 0. The van der Waals surface area contributed by atoms with Crippen molar-refractivity contribution in [2.45, 2.75) is 13.5 Å². The van der Waals surface area contributed by atoms with Crippen LogP contribution < -0.4 is 10.5 Å². The van der Waals surface area contributed by atoms with Gasteiger partial charge in [0, 0.05) is 0 Å². The van der Waals surface area contributed by atoms with Crippen LogP contribution in [0, 0.1) is 0 Å². The van der Waals surface area contributed by atoms with Crippen LogP contribution in [0.15, 0.2) is 30.5 Å². The van der Waals surface area contributed by atoms with E-state index in [0.29, 0.717) is 18.9 Å². The molecule has 1 aromatic carbocycles. The largest absolute Gasteiger partial charge is 0.482 e. The number of hydrogen-bond donors (Lipinski definition) is 2. The molecular formula is C14H17N3O3. The van der Waals surface area contributed by atoms with Crippen molar-refractivity contribution < 1.29 is 14.3 Å². The number of esters is 1. The molecule has 6 heteroatoms. The van der Waals surface area contributed by atoms with Gasteiger partial charge in [-0.25, -0.2) is 9.78 Å². The summed E-state index contributed by atoms with van der Waals surface area (Å²) in [5, 5.41) is 0. The lowest BCUT2D eigenvalue weighted by atomic mass is 10.2. The van der Waals surface area contributed by atoms with Gasteiger partial charge in [0.1, 0.15) is 11.6 Å². The molecule has 0 saturated heterocycles. The summed E-state index contributed by atoms with van der Waals surface area (Å²) in [4.78, 5) is 18.4. The maximum atomic E-state index is 11.2. The van der Waals surface area contributed by atoms with E-state index in [1.807, 2.05) is 12.1 Å². The van der Waals surface area contributed by atoms with E-state index < -0.39 is 0 Å². The first kappa shape index (κ1) is 14.1. The van der Waals surface area contributed by atoms with E-state index in [4.69, 9.17) is 15.2 Å². The lowest BCUT2D eigenvalue weighted by Crippen LogP contribution is -2.14. The zero-order valence-corrected chi connectivity index (χ0v) is 11.3. The zero-order chi connectivity index (χ0) is 14.4. The second kappa shape index (κ2) is 6.72. The van der Waals surface area contributed by atoms with Crippen molar-refractivity contribution in [3.8, 4) is 17.0 Å². The highest BCUT2D eigenvalue weighted by molar-refractivity contribution is 5.71. The summed E-state index contributed by atoms with van der Waals surface area (Å²) in [6.45, 7) is 2.40. The van der Waals surface area contributed by atoms with Crippen LogP contribution in [0.1, 0.15) is 12.7 Å². The number of nitrogens with two attached hydrogens (primary N) is 1. The van der Waals surface area contributed by atoms with E-state index in [0.717, 1.165) is 17.1 Å². The van der Waals surface area contributed by atoms with Crippen molar-refractivity contribution in [2.24, 2.45) is 5.73 Å². The molecule has 0 radical (unpaired) electrons. The molecule has 0 spiro atoms. The number of carbonyl (C=O) groups excluding carboxylic acids is 1. The van der Waals surface area contributed by atoms with Crippen LogP contribution in [0.3, 0.4) is 0 Å². The van der Waals surface area contributed by atoms with Gasteiger partial charge in [0.05, 0.1) is 25.0 Å². The number of carbonyl (C=O) groups is 1.